The maximum absolute atomic E-state index is 13.9. The molecule has 1 saturated heterocycles. The topological polar surface area (TPSA) is 64.3 Å². The molecule has 0 atom stereocenters. The van der Waals surface area contributed by atoms with Crippen molar-refractivity contribution in [3.05, 3.63) is 95.4 Å². The van der Waals surface area contributed by atoms with Crippen molar-refractivity contribution in [1.82, 2.24) is 4.57 Å². The first kappa shape index (κ1) is 24.2. The molecule has 1 N–H and O–H groups in total. The molecule has 0 aliphatic carbocycles. The van der Waals surface area contributed by atoms with Crippen LogP contribution in [0.5, 0.6) is 5.75 Å². The molecule has 2 aliphatic heterocycles. The molecule has 0 saturated carbocycles. The molecule has 7 heteroatoms. The van der Waals surface area contributed by atoms with Gasteiger partial charge in [-0.3, -0.25) is 4.78 Å². The van der Waals surface area contributed by atoms with Gasteiger partial charge in [-0.15, -0.1) is 0 Å². The first-order chi connectivity index (χ1) is 17.7. The summed E-state index contributed by atoms with van der Waals surface area (Å²) in [4.78, 5) is 0. The lowest BCUT2D eigenvalue weighted by Gasteiger charge is -2.46. The number of nitrogens with zero attached hydrogens (tertiary/aromatic N) is 1. The average molecular weight is 519 g/mol. The van der Waals surface area contributed by atoms with E-state index in [-0.39, 0.29) is 11.2 Å². The van der Waals surface area contributed by atoms with E-state index in [0.717, 1.165) is 39.2 Å². The lowest BCUT2D eigenvalue weighted by atomic mass is 9.75. The molecule has 0 amide bonds. The summed E-state index contributed by atoms with van der Waals surface area (Å²) >= 11 is 0. The third-order valence-electron chi connectivity index (χ3n) is 7.75. The van der Waals surface area contributed by atoms with Crippen LogP contribution >= 0.6 is 0 Å². The van der Waals surface area contributed by atoms with Crippen LogP contribution in [0.2, 0.25) is 0 Å². The van der Waals surface area contributed by atoms with E-state index in [1.807, 2.05) is 54.6 Å². The van der Waals surface area contributed by atoms with Crippen LogP contribution < -0.4 is 4.74 Å². The quantitative estimate of drug-likeness (QED) is 0.327. The molecule has 0 radical (unpaired) electrons. The molecule has 192 valence electrons. The van der Waals surface area contributed by atoms with Crippen molar-refractivity contribution in [1.29, 1.82) is 4.78 Å². The second-order valence-electron chi connectivity index (χ2n) is 10.8. The average Bonchev–Trinajstić information content (AvgIpc) is 3.26. The zero-order valence-corrected chi connectivity index (χ0v) is 21.9. The van der Waals surface area contributed by atoms with E-state index >= 15 is 0 Å². The van der Waals surface area contributed by atoms with Crippen LogP contribution in [0.25, 0.3) is 16.6 Å². The van der Waals surface area contributed by atoms with Crippen LogP contribution in [-0.2, 0) is 32.1 Å². The monoisotopic (exact) mass is 518 g/mol. The highest BCUT2D eigenvalue weighted by molar-refractivity contribution is 7.92. The fraction of sp³-hybridized carbons (Fsp3) is 0.333. The Kier molecular flexibility index (Phi) is 5.69. The molecule has 1 fully saturated rings. The number of halogens is 1. The van der Waals surface area contributed by atoms with E-state index in [1.54, 1.807) is 0 Å². The van der Waals surface area contributed by atoms with Crippen molar-refractivity contribution in [2.45, 2.75) is 44.3 Å². The number of hydrogen-bond acceptors (Lipinski definition) is 4. The predicted molar refractivity (Wildman–Crippen MR) is 144 cm³/mol. The number of benzene rings is 3. The zero-order chi connectivity index (χ0) is 25.8. The van der Waals surface area contributed by atoms with Gasteiger partial charge >= 0.3 is 0 Å². The lowest BCUT2D eigenvalue weighted by molar-refractivity contribution is -0.0902. The Morgan fingerprint density at radius 1 is 1.00 bits per heavy atom. The second-order valence-corrected chi connectivity index (χ2v) is 13.3. The van der Waals surface area contributed by atoms with E-state index in [0.29, 0.717) is 37.6 Å². The van der Waals surface area contributed by atoms with E-state index < -0.39 is 15.3 Å². The van der Waals surface area contributed by atoms with Crippen LogP contribution in [0, 0.1) is 10.6 Å². The molecule has 1 aromatic heterocycles. The number of rotatable bonds is 4. The first-order valence-corrected chi connectivity index (χ1v) is 14.6. The van der Waals surface area contributed by atoms with Crippen molar-refractivity contribution in [2.24, 2.45) is 0 Å². The lowest BCUT2D eigenvalue weighted by Crippen LogP contribution is -2.47. The fourth-order valence-electron chi connectivity index (χ4n) is 5.85. The van der Waals surface area contributed by atoms with Crippen molar-refractivity contribution < 1.29 is 18.1 Å². The highest BCUT2D eigenvalue weighted by Crippen LogP contribution is 2.53. The largest absolute Gasteiger partial charge is 0.488 e. The molecule has 37 heavy (non-hydrogen) atoms. The highest BCUT2D eigenvalue weighted by Gasteiger charge is 2.50. The van der Waals surface area contributed by atoms with E-state index in [9.17, 15) is 8.60 Å². The van der Waals surface area contributed by atoms with Gasteiger partial charge in [-0.25, -0.2) is 8.60 Å². The summed E-state index contributed by atoms with van der Waals surface area (Å²) in [6.07, 6.45) is 1.04. The Morgan fingerprint density at radius 3 is 2.41 bits per heavy atom. The number of aromatic nitrogens is 1. The summed E-state index contributed by atoms with van der Waals surface area (Å²) in [7, 11) is -2.61. The second kappa shape index (κ2) is 8.71. The smallest absolute Gasteiger partial charge is 0.129 e. The Bertz CT molecular complexity index is 1560. The van der Waals surface area contributed by atoms with Gasteiger partial charge in [0.1, 0.15) is 18.2 Å². The summed E-state index contributed by atoms with van der Waals surface area (Å²) in [5.74, 6) is 1.10. The van der Waals surface area contributed by atoms with Gasteiger partial charge < -0.3 is 14.0 Å². The number of hydrogen-bond donors (Lipinski definition) is 1. The molecule has 3 aromatic carbocycles. The molecular formula is C30H31FN2O3S. The van der Waals surface area contributed by atoms with Crippen LogP contribution in [0.3, 0.4) is 0 Å². The number of fused-ring (bicyclic) bond motifs is 4. The van der Waals surface area contributed by atoms with Crippen LogP contribution in [-0.4, -0.2) is 26.9 Å². The minimum absolute atomic E-state index is 0.280. The summed E-state index contributed by atoms with van der Waals surface area (Å²) in [6.45, 7) is 5.25. The Hall–Kier alpha value is -3.16. The molecule has 6 rings (SSSR count). The predicted octanol–water partition coefficient (Wildman–Crippen LogP) is 6.69. The van der Waals surface area contributed by atoms with Crippen molar-refractivity contribution in [3.8, 4) is 11.4 Å². The summed E-state index contributed by atoms with van der Waals surface area (Å²) < 4.78 is 50.2. The molecule has 5 nitrogen and oxygen atoms in total. The summed E-state index contributed by atoms with van der Waals surface area (Å²) in [5, 5.41) is 0.976. The molecule has 1 spiro atoms. The number of ether oxygens (including phenoxy) is 2. The van der Waals surface area contributed by atoms with Crippen LogP contribution in [0.15, 0.2) is 72.8 Å². The van der Waals surface area contributed by atoms with E-state index in [4.69, 9.17) is 14.3 Å². The maximum atomic E-state index is 13.9. The molecule has 3 heterocycles. The summed E-state index contributed by atoms with van der Waals surface area (Å²) in [6, 6.07) is 22.7. The molecule has 2 aliphatic rings. The minimum atomic E-state index is -2.61. The van der Waals surface area contributed by atoms with Gasteiger partial charge in [-0.2, -0.15) is 0 Å². The number of nitrogens with one attached hydrogen (secondary N) is 1. The standard InChI is InChI=1S/C30H31FN2O3S/c1-29(2)20-36-30(15-17-37(32,34)18-16-30)27-26-24(33(28(27)29)23-13-11-22(31)12-14-23)9-6-10-25(26)35-19-21-7-4-3-5-8-21/h3-14,32H,15-20H2,1-2H3. The van der Waals surface area contributed by atoms with Gasteiger partial charge in [0.15, 0.2) is 0 Å². The molecule has 0 bridgehead atoms. The third-order valence-corrected chi connectivity index (χ3v) is 9.48. The molecule has 0 unspecified atom stereocenters. The van der Waals surface area contributed by atoms with Crippen molar-refractivity contribution in [3.63, 3.8) is 0 Å². The van der Waals surface area contributed by atoms with Crippen molar-refractivity contribution in [2.75, 3.05) is 18.1 Å². The Morgan fingerprint density at radius 2 is 1.70 bits per heavy atom. The van der Waals surface area contributed by atoms with E-state index in [2.05, 4.69) is 24.5 Å². The van der Waals surface area contributed by atoms with Crippen LogP contribution in [0.4, 0.5) is 4.39 Å². The first-order valence-electron chi connectivity index (χ1n) is 12.7. The van der Waals surface area contributed by atoms with E-state index in [1.165, 1.54) is 12.1 Å². The van der Waals surface area contributed by atoms with Crippen LogP contribution in [0.1, 0.15) is 43.5 Å². The third kappa shape index (κ3) is 4.14. The van der Waals surface area contributed by atoms with Crippen molar-refractivity contribution >= 4 is 20.6 Å². The molecular weight excluding hydrogens is 487 g/mol. The molecule has 4 aromatic rings. The fourth-order valence-corrected chi connectivity index (χ4v) is 7.37. The van der Waals surface area contributed by atoms with Gasteiger partial charge in [0.25, 0.3) is 0 Å². The normalized spacial score (nSPS) is 24.7. The van der Waals surface area contributed by atoms with Gasteiger partial charge in [-0.05, 0) is 54.8 Å². The van der Waals surface area contributed by atoms with Gasteiger partial charge in [0.05, 0.1) is 17.7 Å². The summed E-state index contributed by atoms with van der Waals surface area (Å²) in [5.41, 5.74) is 4.09. The highest BCUT2D eigenvalue weighted by atomic mass is 32.2. The Balaban J connectivity index is 1.62. The van der Waals surface area contributed by atoms with Gasteiger partial charge in [-0.1, -0.05) is 50.2 Å². The zero-order valence-electron chi connectivity index (χ0n) is 21.1. The van der Waals surface area contributed by atoms with Gasteiger partial charge in [0.2, 0.25) is 0 Å². The van der Waals surface area contributed by atoms with Gasteiger partial charge in [0, 0.05) is 49.0 Å². The Labute approximate surface area is 217 Å². The maximum Gasteiger partial charge on any atom is 0.129 e. The minimum Gasteiger partial charge on any atom is -0.488 e. The SMILES string of the molecule is CC1(C)COC2(CCS(=N)(=O)CC2)c2c1n(-c1ccc(F)cc1)c1cccc(OCc3ccccc3)c21.